The highest BCUT2D eigenvalue weighted by atomic mass is 35.5. The van der Waals surface area contributed by atoms with Gasteiger partial charge in [-0.1, -0.05) is 11.6 Å². The van der Waals surface area contributed by atoms with E-state index in [4.69, 9.17) is 11.6 Å². The Morgan fingerprint density at radius 2 is 2.08 bits per heavy atom. The first-order valence-corrected chi connectivity index (χ1v) is 4.17. The third-order valence-electron chi connectivity index (χ3n) is 1.83. The van der Waals surface area contributed by atoms with Crippen LogP contribution in [0.5, 0.6) is 5.88 Å². The molecule has 4 heteroatoms. The van der Waals surface area contributed by atoms with Crippen LogP contribution in [0.1, 0.15) is 5.56 Å². The van der Waals surface area contributed by atoms with E-state index >= 15 is 0 Å². The van der Waals surface area contributed by atoms with E-state index in [2.05, 4.69) is 9.97 Å². The standard InChI is InChI=1S/C9H7ClN2O/c1-5-4-8(13)12-9-6(5)2-3-7(10)11-9/h2-4H,1H3,(H,11,12,13). The average molecular weight is 195 g/mol. The molecule has 3 nitrogen and oxygen atoms in total. The summed E-state index contributed by atoms with van der Waals surface area (Å²) in [5.41, 5.74) is 1.41. The number of aromatic hydroxyl groups is 1. The van der Waals surface area contributed by atoms with Crippen molar-refractivity contribution in [3.8, 4) is 5.88 Å². The number of halogens is 1. The summed E-state index contributed by atoms with van der Waals surface area (Å²) in [5.74, 6) is -0.0280. The second-order valence-electron chi connectivity index (χ2n) is 2.80. The number of aromatic nitrogens is 2. The van der Waals surface area contributed by atoms with Gasteiger partial charge in [0.25, 0.3) is 0 Å². The molecule has 13 heavy (non-hydrogen) atoms. The minimum absolute atomic E-state index is 0.0280. The molecule has 1 N–H and O–H groups in total. The lowest BCUT2D eigenvalue weighted by Crippen LogP contribution is -1.87. The Morgan fingerprint density at radius 1 is 1.31 bits per heavy atom. The summed E-state index contributed by atoms with van der Waals surface area (Å²) >= 11 is 5.69. The van der Waals surface area contributed by atoms with Gasteiger partial charge in [0.2, 0.25) is 5.88 Å². The maximum Gasteiger partial charge on any atom is 0.213 e. The Balaban J connectivity index is 2.86. The van der Waals surface area contributed by atoms with Crippen molar-refractivity contribution in [3.63, 3.8) is 0 Å². The average Bonchev–Trinajstić information content (AvgIpc) is 2.02. The van der Waals surface area contributed by atoms with Crippen LogP contribution in [-0.2, 0) is 0 Å². The van der Waals surface area contributed by atoms with Crippen molar-refractivity contribution in [1.82, 2.24) is 9.97 Å². The third-order valence-corrected chi connectivity index (χ3v) is 2.04. The molecule has 0 saturated carbocycles. The lowest BCUT2D eigenvalue weighted by atomic mass is 10.2. The smallest absolute Gasteiger partial charge is 0.213 e. The molecule has 0 unspecified atom stereocenters. The Kier molecular flexibility index (Phi) is 1.81. The Bertz CT molecular complexity index is 465. The lowest BCUT2D eigenvalue weighted by Gasteiger charge is -2.01. The molecule has 0 aliphatic carbocycles. The van der Waals surface area contributed by atoms with E-state index in [1.165, 1.54) is 0 Å². The minimum Gasteiger partial charge on any atom is -0.493 e. The fourth-order valence-electron chi connectivity index (χ4n) is 1.23. The Hall–Kier alpha value is -1.35. The minimum atomic E-state index is -0.0280. The predicted octanol–water partition coefficient (Wildman–Crippen LogP) is 2.30. The van der Waals surface area contributed by atoms with E-state index in [0.29, 0.717) is 10.8 Å². The second-order valence-corrected chi connectivity index (χ2v) is 3.19. The van der Waals surface area contributed by atoms with E-state index in [1.54, 1.807) is 12.1 Å². The van der Waals surface area contributed by atoms with Crippen molar-refractivity contribution in [2.75, 3.05) is 0 Å². The zero-order chi connectivity index (χ0) is 9.42. The first-order valence-electron chi connectivity index (χ1n) is 3.80. The van der Waals surface area contributed by atoms with Gasteiger partial charge in [-0.25, -0.2) is 4.98 Å². The van der Waals surface area contributed by atoms with Crippen molar-refractivity contribution in [2.45, 2.75) is 6.92 Å². The Morgan fingerprint density at radius 3 is 2.85 bits per heavy atom. The van der Waals surface area contributed by atoms with Crippen molar-refractivity contribution >= 4 is 22.6 Å². The van der Waals surface area contributed by atoms with Crippen LogP contribution >= 0.6 is 11.6 Å². The van der Waals surface area contributed by atoms with Crippen LogP contribution in [0, 0.1) is 6.92 Å². The molecule has 0 fully saturated rings. The molecule has 66 valence electrons. The normalized spacial score (nSPS) is 10.6. The maximum atomic E-state index is 9.21. The molecule has 2 aromatic heterocycles. The third kappa shape index (κ3) is 1.42. The van der Waals surface area contributed by atoms with Crippen molar-refractivity contribution in [1.29, 1.82) is 0 Å². The molecule has 0 aliphatic heterocycles. The molecule has 0 atom stereocenters. The summed E-state index contributed by atoms with van der Waals surface area (Å²) in [5, 5.41) is 10.5. The van der Waals surface area contributed by atoms with Crippen LogP contribution in [0.2, 0.25) is 5.15 Å². The molecule has 0 bridgehead atoms. The number of rotatable bonds is 0. The quantitative estimate of drug-likeness (QED) is 0.655. The van der Waals surface area contributed by atoms with Gasteiger partial charge >= 0.3 is 0 Å². The fourth-order valence-corrected chi connectivity index (χ4v) is 1.37. The molecule has 0 aliphatic rings. The molecule has 0 radical (unpaired) electrons. The molecule has 2 rings (SSSR count). The number of fused-ring (bicyclic) bond motifs is 1. The van der Waals surface area contributed by atoms with Crippen LogP contribution in [0.3, 0.4) is 0 Å². The van der Waals surface area contributed by atoms with Gasteiger partial charge in [0, 0.05) is 11.5 Å². The van der Waals surface area contributed by atoms with Crippen molar-refractivity contribution in [2.24, 2.45) is 0 Å². The zero-order valence-corrected chi connectivity index (χ0v) is 7.71. The fraction of sp³-hybridized carbons (Fsp3) is 0.111. The number of pyridine rings is 2. The maximum absolute atomic E-state index is 9.21. The van der Waals surface area contributed by atoms with E-state index in [-0.39, 0.29) is 5.88 Å². The van der Waals surface area contributed by atoms with Gasteiger partial charge in [-0.2, -0.15) is 4.98 Å². The van der Waals surface area contributed by atoms with Gasteiger partial charge in [-0.3, -0.25) is 0 Å². The van der Waals surface area contributed by atoms with Gasteiger partial charge in [0.15, 0.2) is 5.65 Å². The molecule has 2 heterocycles. The number of hydrogen-bond acceptors (Lipinski definition) is 3. The van der Waals surface area contributed by atoms with E-state index in [9.17, 15) is 5.11 Å². The molecule has 0 aromatic carbocycles. The predicted molar refractivity (Wildman–Crippen MR) is 50.9 cm³/mol. The van der Waals surface area contributed by atoms with Crippen LogP contribution in [0.25, 0.3) is 11.0 Å². The molecule has 0 spiro atoms. The molecule has 2 aromatic rings. The van der Waals surface area contributed by atoms with Crippen LogP contribution in [0.15, 0.2) is 18.2 Å². The van der Waals surface area contributed by atoms with Crippen LogP contribution in [-0.4, -0.2) is 15.1 Å². The number of hydrogen-bond donors (Lipinski definition) is 1. The van der Waals surface area contributed by atoms with Crippen molar-refractivity contribution in [3.05, 3.63) is 28.9 Å². The second kappa shape index (κ2) is 2.85. The summed E-state index contributed by atoms with van der Waals surface area (Å²) in [6.45, 7) is 1.89. The van der Waals surface area contributed by atoms with Crippen LogP contribution in [0.4, 0.5) is 0 Å². The summed E-state index contributed by atoms with van der Waals surface area (Å²) in [7, 11) is 0. The van der Waals surface area contributed by atoms with E-state index in [1.807, 2.05) is 13.0 Å². The summed E-state index contributed by atoms with van der Waals surface area (Å²) in [6.07, 6.45) is 0. The van der Waals surface area contributed by atoms with Gasteiger partial charge in [-0.15, -0.1) is 0 Å². The first kappa shape index (κ1) is 8.26. The van der Waals surface area contributed by atoms with Gasteiger partial charge in [0.1, 0.15) is 5.15 Å². The van der Waals surface area contributed by atoms with Crippen LogP contribution < -0.4 is 0 Å². The zero-order valence-electron chi connectivity index (χ0n) is 6.95. The molecular weight excluding hydrogens is 188 g/mol. The Labute approximate surface area is 80.0 Å². The molecule has 0 amide bonds. The SMILES string of the molecule is Cc1cc(O)nc2nc(Cl)ccc12. The van der Waals surface area contributed by atoms with Gasteiger partial charge in [-0.05, 0) is 24.6 Å². The summed E-state index contributed by atoms with van der Waals surface area (Å²) in [6, 6.07) is 5.14. The highest BCUT2D eigenvalue weighted by molar-refractivity contribution is 6.29. The summed E-state index contributed by atoms with van der Waals surface area (Å²) < 4.78 is 0. The highest BCUT2D eigenvalue weighted by Crippen LogP contribution is 2.20. The molecule has 0 saturated heterocycles. The number of aryl methyl sites for hydroxylation is 1. The largest absolute Gasteiger partial charge is 0.493 e. The highest BCUT2D eigenvalue weighted by Gasteiger charge is 2.02. The first-order chi connectivity index (χ1) is 6.16. The molecular formula is C9H7ClN2O. The van der Waals surface area contributed by atoms with Gasteiger partial charge in [0.05, 0.1) is 0 Å². The topological polar surface area (TPSA) is 46.0 Å². The lowest BCUT2D eigenvalue weighted by molar-refractivity contribution is 0.455. The number of nitrogens with zero attached hydrogens (tertiary/aromatic N) is 2. The van der Waals surface area contributed by atoms with E-state index in [0.717, 1.165) is 10.9 Å². The summed E-state index contributed by atoms with van der Waals surface area (Å²) in [4.78, 5) is 7.85. The van der Waals surface area contributed by atoms with E-state index < -0.39 is 0 Å². The van der Waals surface area contributed by atoms with Crippen molar-refractivity contribution < 1.29 is 5.11 Å². The monoisotopic (exact) mass is 194 g/mol. The van der Waals surface area contributed by atoms with Gasteiger partial charge < -0.3 is 5.11 Å².